The van der Waals surface area contributed by atoms with Gasteiger partial charge in [0.25, 0.3) is 0 Å². The Balaban J connectivity index is 1.99. The van der Waals surface area contributed by atoms with Crippen molar-refractivity contribution in [1.29, 1.82) is 0 Å². The van der Waals surface area contributed by atoms with Crippen LogP contribution in [0.1, 0.15) is 16.1 Å². The molecule has 0 atom stereocenters. The number of methoxy groups -OCH3 is 1. The van der Waals surface area contributed by atoms with E-state index in [2.05, 4.69) is 22.4 Å². The largest absolute Gasteiger partial charge is 0.377 e. The maximum Gasteiger partial charge on any atom is 0.206 e. The lowest BCUT2D eigenvalue weighted by Crippen LogP contribution is -2.00. The Morgan fingerprint density at radius 2 is 2.22 bits per heavy atom. The SMILES string of the molecule is COCc1nnc(NCc2cc(Cl)ccc2C)s1. The zero-order valence-electron chi connectivity index (χ0n) is 10.2. The van der Waals surface area contributed by atoms with Gasteiger partial charge in [0.2, 0.25) is 5.13 Å². The van der Waals surface area contributed by atoms with Gasteiger partial charge in [0.1, 0.15) is 11.6 Å². The van der Waals surface area contributed by atoms with Gasteiger partial charge in [0.05, 0.1) is 0 Å². The molecule has 1 aromatic heterocycles. The summed E-state index contributed by atoms with van der Waals surface area (Å²) in [4.78, 5) is 0. The van der Waals surface area contributed by atoms with E-state index in [9.17, 15) is 0 Å². The van der Waals surface area contributed by atoms with Crippen LogP contribution < -0.4 is 5.32 Å². The quantitative estimate of drug-likeness (QED) is 0.915. The summed E-state index contributed by atoms with van der Waals surface area (Å²) in [6.07, 6.45) is 0. The molecule has 2 aromatic rings. The van der Waals surface area contributed by atoms with Crippen LogP contribution in [0.3, 0.4) is 0 Å². The maximum absolute atomic E-state index is 5.97. The molecule has 1 heterocycles. The van der Waals surface area contributed by atoms with Crippen molar-refractivity contribution in [3.05, 3.63) is 39.4 Å². The Hall–Kier alpha value is -1.17. The molecule has 4 nitrogen and oxygen atoms in total. The summed E-state index contributed by atoms with van der Waals surface area (Å²) in [6, 6.07) is 5.86. The second-order valence-electron chi connectivity index (χ2n) is 3.86. The molecular weight excluding hydrogens is 270 g/mol. The molecule has 1 aromatic carbocycles. The summed E-state index contributed by atoms with van der Waals surface area (Å²) in [7, 11) is 1.64. The Labute approximate surface area is 115 Å². The number of ether oxygens (including phenoxy) is 1. The zero-order valence-corrected chi connectivity index (χ0v) is 11.8. The fourth-order valence-electron chi connectivity index (χ4n) is 1.51. The summed E-state index contributed by atoms with van der Waals surface area (Å²) < 4.78 is 5.00. The van der Waals surface area contributed by atoms with Gasteiger partial charge in [-0.1, -0.05) is 29.0 Å². The Morgan fingerprint density at radius 1 is 1.39 bits per heavy atom. The number of hydrogen-bond acceptors (Lipinski definition) is 5. The van der Waals surface area contributed by atoms with E-state index >= 15 is 0 Å². The Bertz CT molecular complexity index is 530. The topological polar surface area (TPSA) is 47.0 Å². The summed E-state index contributed by atoms with van der Waals surface area (Å²) in [5.41, 5.74) is 2.36. The normalized spacial score (nSPS) is 10.6. The molecule has 0 saturated heterocycles. The van der Waals surface area contributed by atoms with Gasteiger partial charge in [-0.2, -0.15) is 0 Å². The van der Waals surface area contributed by atoms with E-state index in [1.54, 1.807) is 7.11 Å². The predicted octanol–water partition coefficient (Wildman–Crippen LogP) is 3.26. The number of halogens is 1. The highest BCUT2D eigenvalue weighted by atomic mass is 35.5. The molecule has 6 heteroatoms. The standard InChI is InChI=1S/C12H14ClN3OS/c1-8-3-4-10(13)5-9(8)6-14-12-16-15-11(18-12)7-17-2/h3-5H,6-7H2,1-2H3,(H,14,16). The summed E-state index contributed by atoms with van der Waals surface area (Å²) in [5, 5.41) is 13.7. The van der Waals surface area contributed by atoms with E-state index in [0.29, 0.717) is 13.2 Å². The average molecular weight is 284 g/mol. The van der Waals surface area contributed by atoms with Crippen molar-refractivity contribution in [2.24, 2.45) is 0 Å². The predicted molar refractivity (Wildman–Crippen MR) is 74.1 cm³/mol. The van der Waals surface area contributed by atoms with E-state index in [1.807, 2.05) is 18.2 Å². The van der Waals surface area contributed by atoms with E-state index < -0.39 is 0 Å². The lowest BCUT2D eigenvalue weighted by molar-refractivity contribution is 0.184. The van der Waals surface area contributed by atoms with Crippen molar-refractivity contribution in [3.63, 3.8) is 0 Å². The average Bonchev–Trinajstić information content (AvgIpc) is 2.79. The molecular formula is C12H14ClN3OS. The number of nitrogens with zero attached hydrogens (tertiary/aromatic N) is 2. The zero-order chi connectivity index (χ0) is 13.0. The first-order chi connectivity index (χ1) is 8.69. The number of nitrogens with one attached hydrogen (secondary N) is 1. The molecule has 0 bridgehead atoms. The summed E-state index contributed by atoms with van der Waals surface area (Å²) >= 11 is 7.47. The third-order valence-corrected chi connectivity index (χ3v) is 3.57. The smallest absolute Gasteiger partial charge is 0.206 e. The molecule has 0 fully saturated rings. The number of aromatic nitrogens is 2. The first-order valence-electron chi connectivity index (χ1n) is 5.49. The van der Waals surface area contributed by atoms with Crippen LogP contribution in [-0.4, -0.2) is 17.3 Å². The first-order valence-corrected chi connectivity index (χ1v) is 6.68. The second kappa shape index (κ2) is 6.13. The first kappa shape index (κ1) is 13.3. The van der Waals surface area contributed by atoms with Crippen LogP contribution in [0.2, 0.25) is 5.02 Å². The molecule has 0 aliphatic carbocycles. The van der Waals surface area contributed by atoms with Crippen molar-refractivity contribution in [3.8, 4) is 0 Å². The molecule has 18 heavy (non-hydrogen) atoms. The molecule has 1 N–H and O–H groups in total. The van der Waals surface area contributed by atoms with Crippen molar-refractivity contribution in [2.45, 2.75) is 20.1 Å². The van der Waals surface area contributed by atoms with Crippen LogP contribution >= 0.6 is 22.9 Å². The highest BCUT2D eigenvalue weighted by Crippen LogP contribution is 2.19. The fourth-order valence-corrected chi connectivity index (χ4v) is 2.41. The van der Waals surface area contributed by atoms with E-state index in [1.165, 1.54) is 16.9 Å². The van der Waals surface area contributed by atoms with Gasteiger partial charge in [-0.15, -0.1) is 10.2 Å². The molecule has 0 amide bonds. The van der Waals surface area contributed by atoms with Gasteiger partial charge in [0, 0.05) is 18.7 Å². The Morgan fingerprint density at radius 3 is 3.00 bits per heavy atom. The van der Waals surface area contributed by atoms with Crippen LogP contribution in [-0.2, 0) is 17.9 Å². The van der Waals surface area contributed by atoms with Crippen molar-refractivity contribution in [1.82, 2.24) is 10.2 Å². The van der Waals surface area contributed by atoms with E-state index in [4.69, 9.17) is 16.3 Å². The number of benzene rings is 1. The van der Waals surface area contributed by atoms with Crippen LogP contribution in [0.4, 0.5) is 5.13 Å². The number of aryl methyl sites for hydroxylation is 1. The van der Waals surface area contributed by atoms with Crippen LogP contribution in [0, 0.1) is 6.92 Å². The third-order valence-electron chi connectivity index (χ3n) is 2.48. The van der Waals surface area contributed by atoms with Crippen LogP contribution in [0.25, 0.3) is 0 Å². The monoisotopic (exact) mass is 283 g/mol. The van der Waals surface area contributed by atoms with Crippen LogP contribution in [0.5, 0.6) is 0 Å². The lowest BCUT2D eigenvalue weighted by atomic mass is 10.1. The van der Waals surface area contributed by atoms with Crippen molar-refractivity contribution in [2.75, 3.05) is 12.4 Å². The highest BCUT2D eigenvalue weighted by molar-refractivity contribution is 7.15. The molecule has 0 saturated carbocycles. The van der Waals surface area contributed by atoms with Crippen molar-refractivity contribution < 1.29 is 4.74 Å². The van der Waals surface area contributed by atoms with Gasteiger partial charge in [0.15, 0.2) is 0 Å². The van der Waals surface area contributed by atoms with Crippen LogP contribution in [0.15, 0.2) is 18.2 Å². The molecule has 0 spiro atoms. The van der Waals surface area contributed by atoms with Crippen molar-refractivity contribution >= 4 is 28.1 Å². The fraction of sp³-hybridized carbons (Fsp3) is 0.333. The van der Waals surface area contributed by atoms with E-state index in [-0.39, 0.29) is 0 Å². The molecule has 0 radical (unpaired) electrons. The maximum atomic E-state index is 5.97. The summed E-state index contributed by atoms with van der Waals surface area (Å²) in [5.74, 6) is 0. The Kier molecular flexibility index (Phi) is 4.52. The molecule has 0 aliphatic rings. The van der Waals surface area contributed by atoms with E-state index in [0.717, 1.165) is 20.7 Å². The van der Waals surface area contributed by atoms with Gasteiger partial charge in [-0.25, -0.2) is 0 Å². The number of anilines is 1. The molecule has 0 aliphatic heterocycles. The van der Waals surface area contributed by atoms with Gasteiger partial charge >= 0.3 is 0 Å². The number of rotatable bonds is 5. The molecule has 2 rings (SSSR count). The minimum absolute atomic E-state index is 0.496. The molecule has 96 valence electrons. The lowest BCUT2D eigenvalue weighted by Gasteiger charge is -2.06. The van der Waals surface area contributed by atoms with Gasteiger partial charge < -0.3 is 10.1 Å². The second-order valence-corrected chi connectivity index (χ2v) is 5.36. The minimum Gasteiger partial charge on any atom is -0.377 e. The number of hydrogen-bond donors (Lipinski definition) is 1. The minimum atomic E-state index is 0.496. The van der Waals surface area contributed by atoms with Gasteiger partial charge in [-0.05, 0) is 30.2 Å². The highest BCUT2D eigenvalue weighted by Gasteiger charge is 2.04. The molecule has 0 unspecified atom stereocenters. The third kappa shape index (κ3) is 3.41. The summed E-state index contributed by atoms with van der Waals surface area (Å²) in [6.45, 7) is 3.24. The van der Waals surface area contributed by atoms with Gasteiger partial charge in [-0.3, -0.25) is 0 Å².